The van der Waals surface area contributed by atoms with Gasteiger partial charge in [0.1, 0.15) is 22.7 Å². The smallest absolute Gasteiger partial charge is 0.276 e. The number of rotatable bonds is 13. The van der Waals surface area contributed by atoms with Crippen molar-refractivity contribution in [2.45, 2.75) is 24.8 Å². The van der Waals surface area contributed by atoms with Crippen LogP contribution in [0.5, 0.6) is 11.5 Å². The Labute approximate surface area is 278 Å². The lowest BCUT2D eigenvalue weighted by Gasteiger charge is -2.19. The number of nitrogens with one attached hydrogen (secondary N) is 1. The minimum Gasteiger partial charge on any atom is -0.495 e. The van der Waals surface area contributed by atoms with Crippen LogP contribution in [0.15, 0.2) is 59.6 Å². The lowest BCUT2D eigenvalue weighted by atomic mass is 10.1. The molecule has 1 aliphatic heterocycles. The molecule has 0 unspecified atom stereocenters. The van der Waals surface area contributed by atoms with Gasteiger partial charge >= 0.3 is 0 Å². The van der Waals surface area contributed by atoms with Crippen molar-refractivity contribution in [2.75, 3.05) is 43.0 Å². The number of aryl methyl sites for hydroxylation is 1. The van der Waals surface area contributed by atoms with E-state index in [4.69, 9.17) is 20.9 Å². The maximum atomic E-state index is 13.7. The largest absolute Gasteiger partial charge is 0.495 e. The molecule has 1 aliphatic rings. The molecule has 248 valence electrons. The molecule has 0 atom stereocenters. The third-order valence-corrected chi connectivity index (χ3v) is 8.68. The molecule has 2 aromatic carbocycles. The van der Waals surface area contributed by atoms with E-state index in [2.05, 4.69) is 25.3 Å². The number of aliphatic hydroxyl groups is 1. The van der Waals surface area contributed by atoms with Crippen molar-refractivity contribution in [3.8, 4) is 11.5 Å². The van der Waals surface area contributed by atoms with Crippen molar-refractivity contribution in [2.24, 2.45) is 11.5 Å². The number of carbonyl (C=O) groups is 3. The standard InChI is InChI=1S/C32H33N9O6S/c1-18-12-22(41-26(36-18)6-7-35-41)31(45)38-32-37-21-13-19(29(33)43)15-24(47-11-5-10-42)27(21)40(32)9-4-3-8-39-17-48-25-16-20(30(34)44)14-23(46-2)28(25)39/h3-4,6-7,12-16,42H,5,8-11,17H2,1-2H3,(H2,33,43)(H2,34,44)(H,37,38,45)/b4-3+. The van der Waals surface area contributed by atoms with Gasteiger partial charge in [0.2, 0.25) is 17.8 Å². The van der Waals surface area contributed by atoms with Crippen LogP contribution in [-0.2, 0) is 6.54 Å². The molecule has 0 aliphatic carbocycles. The second kappa shape index (κ2) is 13.6. The van der Waals surface area contributed by atoms with Gasteiger partial charge < -0.3 is 35.5 Å². The van der Waals surface area contributed by atoms with Crippen molar-refractivity contribution in [3.63, 3.8) is 0 Å². The Morgan fingerprint density at radius 3 is 2.54 bits per heavy atom. The number of nitrogens with two attached hydrogens (primary N) is 2. The molecule has 3 aromatic heterocycles. The number of aliphatic hydroxyl groups excluding tert-OH is 1. The molecule has 3 amide bonds. The van der Waals surface area contributed by atoms with Gasteiger partial charge in [0.25, 0.3) is 5.91 Å². The molecular weight excluding hydrogens is 638 g/mol. The maximum Gasteiger partial charge on any atom is 0.276 e. The minimum absolute atomic E-state index is 0.0816. The molecule has 0 fully saturated rings. The predicted molar refractivity (Wildman–Crippen MR) is 180 cm³/mol. The van der Waals surface area contributed by atoms with Gasteiger partial charge in [-0.1, -0.05) is 12.2 Å². The van der Waals surface area contributed by atoms with Gasteiger partial charge in [-0.3, -0.25) is 19.7 Å². The Balaban J connectivity index is 1.35. The van der Waals surface area contributed by atoms with Crippen LogP contribution in [0.4, 0.5) is 11.6 Å². The predicted octanol–water partition coefficient (Wildman–Crippen LogP) is 2.73. The number of hydrogen-bond acceptors (Lipinski definition) is 11. The number of carbonyl (C=O) groups excluding carboxylic acids is 3. The molecule has 6 N–H and O–H groups in total. The van der Waals surface area contributed by atoms with Crippen LogP contribution in [0.25, 0.3) is 16.7 Å². The zero-order valence-corrected chi connectivity index (χ0v) is 27.0. The molecule has 0 radical (unpaired) electrons. The molecule has 15 nitrogen and oxygen atoms in total. The Hall–Kier alpha value is -5.61. The SMILES string of the molecule is COc1cc(C(N)=O)cc2c1N(C/C=C/Cn1c(NC(=O)c3cc(C)nc4ccnn34)nc3cc(C(N)=O)cc(OCCCO)c31)CS2. The number of fused-ring (bicyclic) bond motifs is 3. The third-order valence-electron chi connectivity index (χ3n) is 7.61. The van der Waals surface area contributed by atoms with E-state index in [0.29, 0.717) is 58.3 Å². The van der Waals surface area contributed by atoms with E-state index in [9.17, 15) is 19.5 Å². The first kappa shape index (κ1) is 32.3. The Morgan fingerprint density at radius 2 is 1.79 bits per heavy atom. The average Bonchev–Trinajstić information content (AvgIpc) is 3.79. The first-order valence-corrected chi connectivity index (χ1v) is 15.9. The summed E-state index contributed by atoms with van der Waals surface area (Å²) in [4.78, 5) is 49.8. The van der Waals surface area contributed by atoms with Crippen molar-refractivity contribution in [1.29, 1.82) is 0 Å². The highest BCUT2D eigenvalue weighted by Crippen LogP contribution is 2.45. The average molecular weight is 672 g/mol. The van der Waals surface area contributed by atoms with Gasteiger partial charge in [0, 0.05) is 53.9 Å². The number of imidazole rings is 1. The molecule has 6 rings (SSSR count). The van der Waals surface area contributed by atoms with Crippen molar-refractivity contribution < 1.29 is 29.0 Å². The first-order chi connectivity index (χ1) is 23.2. The zero-order valence-electron chi connectivity index (χ0n) is 26.2. The fourth-order valence-electron chi connectivity index (χ4n) is 5.41. The molecular formula is C32H33N9O6S. The van der Waals surface area contributed by atoms with Gasteiger partial charge in [-0.05, 0) is 37.3 Å². The highest BCUT2D eigenvalue weighted by Gasteiger charge is 2.26. The van der Waals surface area contributed by atoms with Gasteiger partial charge in [-0.2, -0.15) is 5.10 Å². The molecule has 5 aromatic rings. The highest BCUT2D eigenvalue weighted by molar-refractivity contribution is 7.99. The summed E-state index contributed by atoms with van der Waals surface area (Å²) in [6.45, 7) is 2.66. The minimum atomic E-state index is -0.667. The Kier molecular flexibility index (Phi) is 9.18. The van der Waals surface area contributed by atoms with Crippen LogP contribution in [-0.4, -0.2) is 79.7 Å². The maximum absolute atomic E-state index is 13.7. The number of anilines is 2. The summed E-state index contributed by atoms with van der Waals surface area (Å²) in [5, 5.41) is 16.5. The molecule has 4 heterocycles. The van der Waals surface area contributed by atoms with Crippen molar-refractivity contribution in [1.82, 2.24) is 24.1 Å². The summed E-state index contributed by atoms with van der Waals surface area (Å²) in [5.41, 5.74) is 14.9. The number of nitrogens with zero attached hydrogens (tertiary/aromatic N) is 6. The van der Waals surface area contributed by atoms with Gasteiger partial charge in [-0.25, -0.2) is 14.5 Å². The number of amides is 3. The molecule has 0 saturated heterocycles. The fourth-order valence-corrected chi connectivity index (χ4v) is 6.51. The Morgan fingerprint density at radius 1 is 1.04 bits per heavy atom. The first-order valence-electron chi connectivity index (χ1n) is 14.9. The molecule has 16 heteroatoms. The monoisotopic (exact) mass is 671 g/mol. The third kappa shape index (κ3) is 6.34. The number of thioether (sulfide) groups is 1. The molecule has 0 bridgehead atoms. The van der Waals surface area contributed by atoms with Crippen LogP contribution in [0, 0.1) is 6.92 Å². The number of ether oxygens (including phenoxy) is 2. The summed E-state index contributed by atoms with van der Waals surface area (Å²) in [5.74, 6) is 0.0507. The van der Waals surface area contributed by atoms with E-state index >= 15 is 0 Å². The van der Waals surface area contributed by atoms with E-state index in [1.165, 1.54) is 10.6 Å². The van der Waals surface area contributed by atoms with Gasteiger partial charge in [0.05, 0.1) is 37.0 Å². The molecule has 0 spiro atoms. The van der Waals surface area contributed by atoms with Crippen LogP contribution in [0.1, 0.15) is 43.3 Å². The van der Waals surface area contributed by atoms with E-state index in [1.54, 1.807) is 66.9 Å². The Bertz CT molecular complexity index is 2090. The van der Waals surface area contributed by atoms with Gasteiger partial charge in [-0.15, -0.1) is 11.8 Å². The van der Waals surface area contributed by atoms with E-state index < -0.39 is 17.7 Å². The van der Waals surface area contributed by atoms with E-state index in [1.807, 2.05) is 12.2 Å². The van der Waals surface area contributed by atoms with Crippen LogP contribution < -0.4 is 31.2 Å². The normalized spacial score (nSPS) is 12.6. The number of aromatic nitrogens is 5. The molecule has 0 saturated carbocycles. The zero-order chi connectivity index (χ0) is 33.9. The number of allylic oxidation sites excluding steroid dienone is 1. The summed E-state index contributed by atoms with van der Waals surface area (Å²) in [6, 6.07) is 9.80. The van der Waals surface area contributed by atoms with Crippen molar-refractivity contribution in [3.05, 3.63) is 77.3 Å². The summed E-state index contributed by atoms with van der Waals surface area (Å²) < 4.78 is 14.8. The van der Waals surface area contributed by atoms with E-state index in [0.717, 1.165) is 10.6 Å². The highest BCUT2D eigenvalue weighted by atomic mass is 32.2. The quantitative estimate of drug-likeness (QED) is 0.106. The number of methoxy groups -OCH3 is 1. The lowest BCUT2D eigenvalue weighted by molar-refractivity contribution is 0.0991. The topological polar surface area (TPSA) is 205 Å². The molecule has 48 heavy (non-hydrogen) atoms. The number of primary amides is 2. The second-order valence-corrected chi connectivity index (χ2v) is 11.9. The summed E-state index contributed by atoms with van der Waals surface area (Å²) >= 11 is 1.58. The number of hydrogen-bond donors (Lipinski definition) is 4. The second-order valence-electron chi connectivity index (χ2n) is 10.9. The lowest BCUT2D eigenvalue weighted by Crippen LogP contribution is -2.20. The number of benzene rings is 2. The summed E-state index contributed by atoms with van der Waals surface area (Å²) in [6.07, 6.45) is 5.81. The van der Waals surface area contributed by atoms with Crippen LogP contribution in [0.3, 0.4) is 0 Å². The fraction of sp³-hybridized carbons (Fsp3) is 0.250. The summed E-state index contributed by atoms with van der Waals surface area (Å²) in [7, 11) is 1.55. The van der Waals surface area contributed by atoms with E-state index in [-0.39, 0.29) is 37.0 Å². The van der Waals surface area contributed by atoms with Crippen LogP contribution >= 0.6 is 11.8 Å². The van der Waals surface area contributed by atoms with Crippen molar-refractivity contribution >= 4 is 57.8 Å². The van der Waals surface area contributed by atoms with Gasteiger partial charge in [0.15, 0.2) is 5.65 Å². The van der Waals surface area contributed by atoms with Crippen LogP contribution in [0.2, 0.25) is 0 Å².